The summed E-state index contributed by atoms with van der Waals surface area (Å²) in [5.41, 5.74) is 6.68. The molecule has 1 atom stereocenters. The van der Waals surface area contributed by atoms with Crippen molar-refractivity contribution in [1.29, 1.82) is 0 Å². The van der Waals surface area contributed by atoms with Crippen molar-refractivity contribution in [3.63, 3.8) is 0 Å². The van der Waals surface area contributed by atoms with Gasteiger partial charge in [0.15, 0.2) is 5.78 Å². The van der Waals surface area contributed by atoms with E-state index in [0.29, 0.717) is 31.4 Å². The number of hydrogen-bond donors (Lipinski definition) is 0. The third-order valence-electron chi connectivity index (χ3n) is 6.31. The normalized spacial score (nSPS) is 14.8. The molecule has 0 aliphatic carbocycles. The van der Waals surface area contributed by atoms with Crippen LogP contribution in [-0.2, 0) is 28.8 Å². The molecule has 3 heterocycles. The lowest BCUT2D eigenvalue weighted by molar-refractivity contribution is -0.168. The van der Waals surface area contributed by atoms with Crippen molar-refractivity contribution in [1.82, 2.24) is 15.0 Å². The molecule has 1 fully saturated rings. The zero-order valence-electron chi connectivity index (χ0n) is 19.5. The van der Waals surface area contributed by atoms with Gasteiger partial charge < -0.3 is 4.74 Å². The summed E-state index contributed by atoms with van der Waals surface area (Å²) in [7, 11) is 0. The van der Waals surface area contributed by atoms with Crippen LogP contribution in [-0.4, -0.2) is 33.3 Å². The van der Waals surface area contributed by atoms with Crippen LogP contribution in [0.5, 0.6) is 0 Å². The van der Waals surface area contributed by atoms with Gasteiger partial charge in [-0.05, 0) is 53.8 Å². The van der Waals surface area contributed by atoms with Crippen molar-refractivity contribution in [2.24, 2.45) is 5.92 Å². The average Bonchev–Trinajstić information content (AvgIpc) is 2.89. The molecule has 2 aromatic carbocycles. The summed E-state index contributed by atoms with van der Waals surface area (Å²) < 4.78 is 4.82. The monoisotopic (exact) mass is 463 g/mol. The van der Waals surface area contributed by atoms with Gasteiger partial charge in [-0.3, -0.25) is 14.6 Å². The minimum absolute atomic E-state index is 0.0587. The molecule has 1 saturated heterocycles. The zero-order valence-corrected chi connectivity index (χ0v) is 19.5. The highest BCUT2D eigenvalue weighted by Gasteiger charge is 2.30. The first-order valence-corrected chi connectivity index (χ1v) is 11.6. The number of Topliss-reactive ketones (excluding diaryl/α,β-unsaturated/α-hetero) is 1. The summed E-state index contributed by atoms with van der Waals surface area (Å²) in [6.45, 7) is 2.54. The van der Waals surface area contributed by atoms with Gasteiger partial charge in [0.25, 0.3) is 0 Å². The number of ether oxygens (including phenoxy) is 1. The van der Waals surface area contributed by atoms with E-state index in [1.807, 2.05) is 54.6 Å². The number of nitrogens with zero attached hydrogens (tertiary/aromatic N) is 3. The average molecular weight is 464 g/mol. The second-order valence-electron chi connectivity index (χ2n) is 8.87. The maximum atomic E-state index is 12.9. The fraction of sp³-hybridized carbons (Fsp3) is 0.207. The fourth-order valence-electron chi connectivity index (χ4n) is 4.17. The topological polar surface area (TPSA) is 82.0 Å². The van der Waals surface area contributed by atoms with E-state index in [1.165, 1.54) is 0 Å². The number of carbonyl (C=O) groups is 2. The molecule has 0 radical (unpaired) electrons. The molecule has 1 aliphatic heterocycles. The van der Waals surface area contributed by atoms with Gasteiger partial charge in [-0.25, -0.2) is 9.97 Å². The smallest absolute Gasteiger partial charge is 0.312 e. The SMILES string of the molecule is Cc1ccc(CC(=O)c2ccc(CC3COC3=O)cc2)cc1Cc1nccc(-c2cccnc2)n1. The van der Waals surface area contributed by atoms with E-state index in [0.717, 1.165) is 39.3 Å². The molecule has 174 valence electrons. The summed E-state index contributed by atoms with van der Waals surface area (Å²) in [6.07, 6.45) is 6.85. The maximum absolute atomic E-state index is 12.9. The Morgan fingerprint density at radius 3 is 2.57 bits per heavy atom. The predicted molar refractivity (Wildman–Crippen MR) is 132 cm³/mol. The van der Waals surface area contributed by atoms with Crippen LogP contribution in [0.3, 0.4) is 0 Å². The third-order valence-corrected chi connectivity index (χ3v) is 6.31. The van der Waals surface area contributed by atoms with Crippen LogP contribution in [0.15, 0.2) is 79.3 Å². The molecule has 1 unspecified atom stereocenters. The molecular weight excluding hydrogens is 438 g/mol. The number of carbonyl (C=O) groups excluding carboxylic acids is 2. The van der Waals surface area contributed by atoms with Crippen LogP contribution in [0.4, 0.5) is 0 Å². The predicted octanol–water partition coefficient (Wildman–Crippen LogP) is 4.58. The van der Waals surface area contributed by atoms with Crippen molar-refractivity contribution < 1.29 is 14.3 Å². The molecule has 1 aliphatic rings. The molecule has 2 aromatic heterocycles. The number of rotatable bonds is 8. The van der Waals surface area contributed by atoms with Gasteiger partial charge in [-0.2, -0.15) is 0 Å². The van der Waals surface area contributed by atoms with Crippen LogP contribution in [0.2, 0.25) is 0 Å². The Morgan fingerprint density at radius 2 is 1.86 bits per heavy atom. The Kier molecular flexibility index (Phi) is 6.44. The number of pyridine rings is 1. The number of ketones is 1. The van der Waals surface area contributed by atoms with Crippen molar-refractivity contribution >= 4 is 11.8 Å². The highest BCUT2D eigenvalue weighted by Crippen LogP contribution is 2.21. The quantitative estimate of drug-likeness (QED) is 0.281. The van der Waals surface area contributed by atoms with Crippen molar-refractivity contribution in [3.05, 3.63) is 113 Å². The summed E-state index contributed by atoms with van der Waals surface area (Å²) in [4.78, 5) is 37.6. The van der Waals surface area contributed by atoms with E-state index < -0.39 is 0 Å². The van der Waals surface area contributed by atoms with E-state index >= 15 is 0 Å². The van der Waals surface area contributed by atoms with Crippen LogP contribution in [0.25, 0.3) is 11.3 Å². The van der Waals surface area contributed by atoms with Crippen LogP contribution in [0, 0.1) is 12.8 Å². The molecule has 35 heavy (non-hydrogen) atoms. The lowest BCUT2D eigenvalue weighted by Gasteiger charge is -2.24. The van der Waals surface area contributed by atoms with Gasteiger partial charge in [-0.15, -0.1) is 0 Å². The maximum Gasteiger partial charge on any atom is 0.312 e. The Bertz CT molecular complexity index is 1370. The van der Waals surface area contributed by atoms with Crippen molar-refractivity contribution in [2.75, 3.05) is 6.61 Å². The third kappa shape index (κ3) is 5.32. The zero-order chi connectivity index (χ0) is 24.2. The molecule has 5 rings (SSSR count). The molecule has 4 aromatic rings. The van der Waals surface area contributed by atoms with Gasteiger partial charge in [-0.1, -0.05) is 42.5 Å². The van der Waals surface area contributed by atoms with Gasteiger partial charge in [0, 0.05) is 42.6 Å². The second-order valence-corrected chi connectivity index (χ2v) is 8.87. The lowest BCUT2D eigenvalue weighted by atomic mass is 9.94. The minimum Gasteiger partial charge on any atom is -0.464 e. The van der Waals surface area contributed by atoms with E-state index in [-0.39, 0.29) is 17.7 Å². The summed E-state index contributed by atoms with van der Waals surface area (Å²) in [6, 6.07) is 19.4. The largest absolute Gasteiger partial charge is 0.464 e. The highest BCUT2D eigenvalue weighted by molar-refractivity contribution is 5.97. The number of hydrogen-bond acceptors (Lipinski definition) is 6. The molecule has 0 bridgehead atoms. The molecule has 0 spiro atoms. The number of benzene rings is 2. The first-order valence-electron chi connectivity index (χ1n) is 11.6. The number of aromatic nitrogens is 3. The van der Waals surface area contributed by atoms with Crippen molar-refractivity contribution in [2.45, 2.75) is 26.2 Å². The lowest BCUT2D eigenvalue weighted by Crippen LogP contribution is -2.36. The van der Waals surface area contributed by atoms with E-state index in [1.54, 1.807) is 18.6 Å². The molecule has 0 N–H and O–H groups in total. The summed E-state index contributed by atoms with van der Waals surface area (Å²) >= 11 is 0. The first-order chi connectivity index (χ1) is 17.0. The fourth-order valence-corrected chi connectivity index (χ4v) is 4.17. The van der Waals surface area contributed by atoms with Gasteiger partial charge in [0.1, 0.15) is 12.4 Å². The number of aryl methyl sites for hydroxylation is 1. The van der Waals surface area contributed by atoms with Gasteiger partial charge in [0.2, 0.25) is 0 Å². The standard InChI is InChI=1S/C29H25N3O3/c1-19-4-5-21(15-27(33)22-8-6-20(7-9-22)13-25-18-35-29(25)34)14-24(19)16-28-31-12-10-26(32-28)23-3-2-11-30-17-23/h2-12,14,17,25H,13,15-16,18H2,1H3. The van der Waals surface area contributed by atoms with Crippen LogP contribution >= 0.6 is 0 Å². The van der Waals surface area contributed by atoms with E-state index in [2.05, 4.69) is 23.0 Å². The Labute approximate surface area is 204 Å². The highest BCUT2D eigenvalue weighted by atomic mass is 16.6. The van der Waals surface area contributed by atoms with E-state index in [4.69, 9.17) is 9.72 Å². The molecular formula is C29H25N3O3. The van der Waals surface area contributed by atoms with E-state index in [9.17, 15) is 9.59 Å². The van der Waals surface area contributed by atoms with Gasteiger partial charge in [0.05, 0.1) is 11.6 Å². The Hall–Kier alpha value is -4.19. The Morgan fingerprint density at radius 1 is 1.03 bits per heavy atom. The molecule has 0 amide bonds. The van der Waals surface area contributed by atoms with Crippen LogP contribution in [0.1, 0.15) is 38.4 Å². The summed E-state index contributed by atoms with van der Waals surface area (Å²) in [5.74, 6) is 0.583. The second kappa shape index (κ2) is 9.97. The van der Waals surface area contributed by atoms with Crippen molar-refractivity contribution in [3.8, 4) is 11.3 Å². The van der Waals surface area contributed by atoms with Crippen LogP contribution < -0.4 is 0 Å². The Balaban J connectivity index is 1.27. The molecule has 6 nitrogen and oxygen atoms in total. The number of esters is 1. The number of cyclic esters (lactones) is 1. The summed E-state index contributed by atoms with van der Waals surface area (Å²) in [5, 5.41) is 0. The molecule has 6 heteroatoms. The minimum atomic E-state index is -0.144. The van der Waals surface area contributed by atoms with Gasteiger partial charge >= 0.3 is 5.97 Å². The first kappa shape index (κ1) is 22.6. The molecule has 0 saturated carbocycles.